The Balaban J connectivity index is 1.49. The van der Waals surface area contributed by atoms with Gasteiger partial charge in [-0.25, -0.2) is 27.2 Å². The van der Waals surface area contributed by atoms with E-state index in [9.17, 15) is 17.6 Å². The molecule has 0 aliphatic heterocycles. The first kappa shape index (κ1) is 22.5. The molecule has 0 saturated heterocycles. The number of amides is 1. The Kier molecular flexibility index (Phi) is 6.40. The molecular weight excluding hydrogens is 451 g/mol. The lowest BCUT2D eigenvalue weighted by Gasteiger charge is -2.08. The van der Waals surface area contributed by atoms with E-state index in [1.54, 1.807) is 23.0 Å². The van der Waals surface area contributed by atoms with Gasteiger partial charge < -0.3 is 10.4 Å². The summed E-state index contributed by atoms with van der Waals surface area (Å²) in [7, 11) is -3.81. The SMILES string of the molecule is O=C(NCc1ccc(S(=O)(=O)NCCO)nc1)c1cncc2c1cnn2-c1ccc(F)cc1. The van der Waals surface area contributed by atoms with Gasteiger partial charge in [-0.15, -0.1) is 0 Å². The molecule has 0 spiro atoms. The van der Waals surface area contributed by atoms with Gasteiger partial charge in [-0.1, -0.05) is 6.07 Å². The number of rotatable bonds is 8. The van der Waals surface area contributed by atoms with Crippen LogP contribution in [0, 0.1) is 5.82 Å². The standard InChI is InChI=1S/C21H19FN6O4S/c22-15-2-4-16(5-3-15)28-19-13-23-11-18(17(19)12-26-28)21(30)25-10-14-1-6-20(24-9-14)33(31,32)27-7-8-29/h1-6,9,11-13,27,29H,7-8,10H2,(H,25,30). The van der Waals surface area contributed by atoms with E-state index in [1.807, 2.05) is 0 Å². The van der Waals surface area contributed by atoms with Gasteiger partial charge in [-0.05, 0) is 35.9 Å². The van der Waals surface area contributed by atoms with Crippen molar-refractivity contribution in [1.82, 2.24) is 29.8 Å². The molecule has 12 heteroatoms. The van der Waals surface area contributed by atoms with E-state index < -0.39 is 15.9 Å². The summed E-state index contributed by atoms with van der Waals surface area (Å²) in [4.78, 5) is 20.8. The average molecular weight is 470 g/mol. The minimum Gasteiger partial charge on any atom is -0.395 e. The van der Waals surface area contributed by atoms with Gasteiger partial charge in [-0.2, -0.15) is 5.10 Å². The van der Waals surface area contributed by atoms with Crippen LogP contribution >= 0.6 is 0 Å². The van der Waals surface area contributed by atoms with Crippen LogP contribution in [-0.4, -0.2) is 52.3 Å². The fraction of sp³-hybridized carbons (Fsp3) is 0.143. The molecule has 33 heavy (non-hydrogen) atoms. The monoisotopic (exact) mass is 470 g/mol. The van der Waals surface area contributed by atoms with Crippen molar-refractivity contribution in [3.63, 3.8) is 0 Å². The maximum Gasteiger partial charge on any atom is 0.258 e. The lowest BCUT2D eigenvalue weighted by molar-refractivity contribution is 0.0952. The van der Waals surface area contributed by atoms with Crippen LogP contribution in [0.1, 0.15) is 15.9 Å². The molecule has 0 radical (unpaired) electrons. The van der Waals surface area contributed by atoms with Crippen molar-refractivity contribution < 1.29 is 22.7 Å². The minimum absolute atomic E-state index is 0.110. The van der Waals surface area contributed by atoms with Crippen LogP contribution in [0.2, 0.25) is 0 Å². The lowest BCUT2D eigenvalue weighted by atomic mass is 10.1. The smallest absolute Gasteiger partial charge is 0.258 e. The van der Waals surface area contributed by atoms with Gasteiger partial charge >= 0.3 is 0 Å². The highest BCUT2D eigenvalue weighted by Crippen LogP contribution is 2.21. The molecule has 0 aliphatic carbocycles. The number of aliphatic hydroxyl groups excluding tert-OH is 1. The average Bonchev–Trinajstić information content (AvgIpc) is 3.26. The molecule has 3 heterocycles. The number of nitrogens with one attached hydrogen (secondary N) is 2. The van der Waals surface area contributed by atoms with E-state index in [2.05, 4.69) is 25.1 Å². The molecule has 0 bridgehead atoms. The topological polar surface area (TPSA) is 139 Å². The van der Waals surface area contributed by atoms with Gasteiger partial charge in [0.2, 0.25) is 0 Å². The summed E-state index contributed by atoms with van der Waals surface area (Å²) in [5.41, 5.74) is 2.11. The van der Waals surface area contributed by atoms with E-state index in [-0.39, 0.29) is 30.5 Å². The maximum atomic E-state index is 13.2. The highest BCUT2D eigenvalue weighted by atomic mass is 32.2. The van der Waals surface area contributed by atoms with E-state index in [4.69, 9.17) is 5.11 Å². The second-order valence-corrected chi connectivity index (χ2v) is 8.68. The summed E-state index contributed by atoms with van der Waals surface area (Å²) in [6.07, 6.45) is 5.88. The Morgan fingerprint density at radius 2 is 1.85 bits per heavy atom. The molecular formula is C21H19FN6O4S. The summed E-state index contributed by atoms with van der Waals surface area (Å²) in [5, 5.41) is 16.2. The minimum atomic E-state index is -3.81. The molecule has 0 atom stereocenters. The summed E-state index contributed by atoms with van der Waals surface area (Å²) in [6, 6.07) is 8.64. The summed E-state index contributed by atoms with van der Waals surface area (Å²) >= 11 is 0. The van der Waals surface area contributed by atoms with E-state index >= 15 is 0 Å². The number of aliphatic hydroxyl groups is 1. The highest BCUT2D eigenvalue weighted by molar-refractivity contribution is 7.89. The third-order valence-corrected chi connectivity index (χ3v) is 6.12. The second kappa shape index (κ2) is 9.40. The number of aromatic nitrogens is 4. The number of carbonyl (C=O) groups is 1. The van der Waals surface area contributed by atoms with Crippen LogP contribution in [0.25, 0.3) is 16.6 Å². The van der Waals surface area contributed by atoms with E-state index in [0.717, 1.165) is 0 Å². The van der Waals surface area contributed by atoms with E-state index in [1.165, 1.54) is 42.9 Å². The van der Waals surface area contributed by atoms with Crippen molar-refractivity contribution in [3.8, 4) is 5.69 Å². The van der Waals surface area contributed by atoms with Gasteiger partial charge in [0.25, 0.3) is 15.9 Å². The zero-order valence-electron chi connectivity index (χ0n) is 17.1. The molecule has 3 N–H and O–H groups in total. The van der Waals surface area contributed by atoms with Crippen LogP contribution in [0.3, 0.4) is 0 Å². The highest BCUT2D eigenvalue weighted by Gasteiger charge is 2.16. The van der Waals surface area contributed by atoms with Gasteiger partial charge in [0.1, 0.15) is 5.82 Å². The zero-order chi connectivity index (χ0) is 23.4. The first-order valence-electron chi connectivity index (χ1n) is 9.80. The number of halogens is 1. The Hall–Kier alpha value is -3.74. The van der Waals surface area contributed by atoms with Crippen molar-refractivity contribution in [2.24, 2.45) is 0 Å². The first-order chi connectivity index (χ1) is 15.9. The molecule has 1 amide bonds. The largest absolute Gasteiger partial charge is 0.395 e. The van der Waals surface area contributed by atoms with Gasteiger partial charge in [0.05, 0.1) is 35.8 Å². The molecule has 0 aliphatic rings. The van der Waals surface area contributed by atoms with Crippen molar-refractivity contribution in [2.45, 2.75) is 11.6 Å². The van der Waals surface area contributed by atoms with Crippen LogP contribution in [0.15, 0.2) is 66.2 Å². The maximum absolute atomic E-state index is 13.2. The molecule has 3 aromatic heterocycles. The van der Waals surface area contributed by atoms with Crippen LogP contribution in [0.4, 0.5) is 4.39 Å². The third-order valence-electron chi connectivity index (χ3n) is 4.74. The Bertz CT molecular complexity index is 1390. The predicted molar refractivity (Wildman–Crippen MR) is 117 cm³/mol. The molecule has 170 valence electrons. The lowest BCUT2D eigenvalue weighted by Crippen LogP contribution is -2.27. The number of pyridine rings is 2. The number of benzene rings is 1. The summed E-state index contributed by atoms with van der Waals surface area (Å²) in [6.45, 7) is -0.328. The molecule has 0 saturated carbocycles. The Morgan fingerprint density at radius 3 is 2.55 bits per heavy atom. The number of fused-ring (bicyclic) bond motifs is 1. The number of hydrogen-bond donors (Lipinski definition) is 3. The van der Waals surface area contributed by atoms with Crippen LogP contribution in [0.5, 0.6) is 0 Å². The summed E-state index contributed by atoms with van der Waals surface area (Å²) < 4.78 is 41.0. The van der Waals surface area contributed by atoms with Crippen LogP contribution < -0.4 is 10.0 Å². The van der Waals surface area contributed by atoms with Crippen molar-refractivity contribution in [3.05, 3.63) is 78.1 Å². The molecule has 10 nitrogen and oxygen atoms in total. The third kappa shape index (κ3) is 4.87. The molecule has 4 aromatic rings. The zero-order valence-corrected chi connectivity index (χ0v) is 18.0. The first-order valence-corrected chi connectivity index (χ1v) is 11.3. The molecule has 1 aromatic carbocycles. The number of nitrogens with zero attached hydrogens (tertiary/aromatic N) is 4. The van der Waals surface area contributed by atoms with Crippen molar-refractivity contribution in [1.29, 1.82) is 0 Å². The van der Waals surface area contributed by atoms with Crippen molar-refractivity contribution >= 4 is 26.8 Å². The quantitative estimate of drug-likeness (QED) is 0.351. The van der Waals surface area contributed by atoms with Gasteiger partial charge in [-0.3, -0.25) is 9.78 Å². The number of carbonyl (C=O) groups excluding carboxylic acids is 1. The number of hydrogen-bond acceptors (Lipinski definition) is 7. The van der Waals surface area contributed by atoms with Gasteiger partial charge in [0, 0.05) is 30.9 Å². The van der Waals surface area contributed by atoms with E-state index in [0.29, 0.717) is 27.7 Å². The van der Waals surface area contributed by atoms with Crippen LogP contribution in [-0.2, 0) is 16.6 Å². The predicted octanol–water partition coefficient (Wildman–Crippen LogP) is 1.16. The van der Waals surface area contributed by atoms with Gasteiger partial charge in [0.15, 0.2) is 5.03 Å². The Labute approximate surface area is 188 Å². The number of sulfonamides is 1. The normalized spacial score (nSPS) is 11.6. The fourth-order valence-corrected chi connectivity index (χ4v) is 4.06. The second-order valence-electron chi connectivity index (χ2n) is 6.96. The molecule has 4 rings (SSSR count). The Morgan fingerprint density at radius 1 is 1.06 bits per heavy atom. The molecule has 0 fully saturated rings. The fourth-order valence-electron chi connectivity index (χ4n) is 3.12. The van der Waals surface area contributed by atoms with Crippen molar-refractivity contribution in [2.75, 3.05) is 13.2 Å². The summed E-state index contributed by atoms with van der Waals surface area (Å²) in [5.74, 6) is -0.761. The molecule has 0 unspecified atom stereocenters.